The van der Waals surface area contributed by atoms with E-state index in [0.717, 1.165) is 0 Å². The van der Waals surface area contributed by atoms with E-state index < -0.39 is 31.4 Å². The zero-order chi connectivity index (χ0) is 21.1. The van der Waals surface area contributed by atoms with Gasteiger partial charge in [0, 0.05) is 12.3 Å². The number of hydrogen-bond donors (Lipinski definition) is 3. The standard InChI is InChI=1S/C19H17Cl3N2O5/c20-12-2-1-3-13(21)18(12)24-10(6-25)4-16(28)17-15(9-29-11(7-26)8-27)23-5-14(22)19(17)24/h1-5,11,25-27H,6-9H2. The molecule has 0 spiro atoms. The summed E-state index contributed by atoms with van der Waals surface area (Å²) in [6.07, 6.45) is 0.525. The van der Waals surface area contributed by atoms with E-state index in [1.807, 2.05) is 0 Å². The topological polar surface area (TPSA) is 105 Å². The van der Waals surface area contributed by atoms with Crippen LogP contribution in [0.15, 0.2) is 35.3 Å². The van der Waals surface area contributed by atoms with Crippen LogP contribution in [0.5, 0.6) is 0 Å². The third kappa shape index (κ3) is 4.27. The van der Waals surface area contributed by atoms with Crippen molar-refractivity contribution < 1.29 is 20.1 Å². The molecule has 0 aliphatic carbocycles. The van der Waals surface area contributed by atoms with Crippen molar-refractivity contribution >= 4 is 45.7 Å². The average molecular weight is 460 g/mol. The van der Waals surface area contributed by atoms with Crippen molar-refractivity contribution in [2.75, 3.05) is 13.2 Å². The van der Waals surface area contributed by atoms with Gasteiger partial charge in [0.05, 0.1) is 69.5 Å². The number of aromatic nitrogens is 2. The average Bonchev–Trinajstić information content (AvgIpc) is 2.71. The van der Waals surface area contributed by atoms with E-state index >= 15 is 0 Å². The molecule has 10 heteroatoms. The third-order valence-corrected chi connectivity index (χ3v) is 5.21. The first-order chi connectivity index (χ1) is 13.9. The smallest absolute Gasteiger partial charge is 0.191 e. The second-order valence-corrected chi connectivity index (χ2v) is 7.36. The maximum atomic E-state index is 12.8. The van der Waals surface area contributed by atoms with Crippen molar-refractivity contribution in [1.29, 1.82) is 0 Å². The zero-order valence-corrected chi connectivity index (χ0v) is 17.2. The van der Waals surface area contributed by atoms with Gasteiger partial charge in [0.1, 0.15) is 6.10 Å². The normalized spacial score (nSPS) is 11.6. The minimum atomic E-state index is -0.820. The summed E-state index contributed by atoms with van der Waals surface area (Å²) < 4.78 is 6.94. The Morgan fingerprint density at radius 1 is 1.07 bits per heavy atom. The number of ether oxygens (including phenoxy) is 1. The van der Waals surface area contributed by atoms with Crippen molar-refractivity contribution in [3.8, 4) is 5.69 Å². The van der Waals surface area contributed by atoms with Gasteiger partial charge in [-0.15, -0.1) is 0 Å². The number of benzene rings is 1. The van der Waals surface area contributed by atoms with Crippen LogP contribution in [0.3, 0.4) is 0 Å². The fraction of sp³-hybridized carbons (Fsp3) is 0.263. The summed E-state index contributed by atoms with van der Waals surface area (Å²) in [5.74, 6) is 0. The van der Waals surface area contributed by atoms with E-state index in [1.165, 1.54) is 16.8 Å². The Hall–Kier alpha value is -1.71. The van der Waals surface area contributed by atoms with Crippen LogP contribution in [0.2, 0.25) is 15.1 Å². The Labute approximate surface area is 180 Å². The van der Waals surface area contributed by atoms with E-state index in [4.69, 9.17) is 39.5 Å². The van der Waals surface area contributed by atoms with Gasteiger partial charge in [-0.25, -0.2) is 0 Å². The Kier molecular flexibility index (Phi) is 7.13. The van der Waals surface area contributed by atoms with Gasteiger partial charge in [-0.3, -0.25) is 9.78 Å². The molecule has 0 aliphatic heterocycles. The van der Waals surface area contributed by atoms with Crippen molar-refractivity contribution in [3.63, 3.8) is 0 Å². The molecule has 0 radical (unpaired) electrons. The number of para-hydroxylation sites is 1. The van der Waals surface area contributed by atoms with Gasteiger partial charge in [0.2, 0.25) is 0 Å². The molecule has 0 saturated carbocycles. The molecule has 0 amide bonds. The van der Waals surface area contributed by atoms with E-state index in [-0.39, 0.29) is 33.9 Å². The van der Waals surface area contributed by atoms with E-state index in [1.54, 1.807) is 18.2 Å². The number of hydrogen-bond acceptors (Lipinski definition) is 6. The number of nitrogens with zero attached hydrogens (tertiary/aromatic N) is 2. The maximum absolute atomic E-state index is 12.8. The first kappa shape index (κ1) is 22.0. The highest BCUT2D eigenvalue weighted by molar-refractivity contribution is 6.38. The fourth-order valence-electron chi connectivity index (χ4n) is 2.97. The number of pyridine rings is 2. The monoisotopic (exact) mass is 458 g/mol. The number of fused-ring (bicyclic) bond motifs is 1. The Bertz CT molecular complexity index is 1080. The van der Waals surface area contributed by atoms with Crippen LogP contribution in [-0.2, 0) is 18.0 Å². The number of aliphatic hydroxyl groups excluding tert-OH is 3. The second-order valence-electron chi connectivity index (χ2n) is 6.14. The molecule has 0 atom stereocenters. The molecule has 0 saturated heterocycles. The quantitative estimate of drug-likeness (QED) is 0.502. The molecule has 0 aliphatic rings. The molecule has 29 heavy (non-hydrogen) atoms. The SMILES string of the molecule is O=c1cc(CO)n(-c2c(Cl)cccc2Cl)c2c(Cl)cnc(COC(CO)CO)c12. The van der Waals surface area contributed by atoms with Gasteiger partial charge >= 0.3 is 0 Å². The Morgan fingerprint density at radius 3 is 2.31 bits per heavy atom. The van der Waals surface area contributed by atoms with Crippen molar-refractivity contribution in [2.45, 2.75) is 19.3 Å². The highest BCUT2D eigenvalue weighted by atomic mass is 35.5. The molecular formula is C19H17Cl3N2O5. The molecule has 3 N–H and O–H groups in total. The van der Waals surface area contributed by atoms with Crippen LogP contribution in [0.25, 0.3) is 16.6 Å². The molecule has 154 valence electrons. The molecule has 3 aromatic rings. The lowest BCUT2D eigenvalue weighted by atomic mass is 10.1. The van der Waals surface area contributed by atoms with Crippen LogP contribution in [0.1, 0.15) is 11.4 Å². The predicted octanol–water partition coefficient (Wildman–Crippen LogP) is 2.71. The molecule has 3 rings (SSSR count). The van der Waals surface area contributed by atoms with Gasteiger partial charge in [0.25, 0.3) is 0 Å². The van der Waals surface area contributed by atoms with E-state index in [0.29, 0.717) is 15.7 Å². The minimum Gasteiger partial charge on any atom is -0.394 e. The first-order valence-corrected chi connectivity index (χ1v) is 9.66. The van der Waals surface area contributed by atoms with Crippen LogP contribution in [0.4, 0.5) is 0 Å². The van der Waals surface area contributed by atoms with Gasteiger partial charge in [-0.05, 0) is 12.1 Å². The molecule has 1 aromatic carbocycles. The third-order valence-electron chi connectivity index (χ3n) is 4.33. The highest BCUT2D eigenvalue weighted by Crippen LogP contribution is 2.34. The number of halogens is 3. The van der Waals surface area contributed by atoms with Crippen molar-refractivity contribution in [3.05, 3.63) is 67.1 Å². The molecule has 0 bridgehead atoms. The lowest BCUT2D eigenvalue weighted by molar-refractivity contribution is -0.0291. The van der Waals surface area contributed by atoms with Crippen LogP contribution in [0, 0.1) is 0 Å². The maximum Gasteiger partial charge on any atom is 0.191 e. The Morgan fingerprint density at radius 2 is 1.72 bits per heavy atom. The van der Waals surface area contributed by atoms with Crippen LogP contribution in [-0.4, -0.2) is 44.2 Å². The summed E-state index contributed by atoms with van der Waals surface area (Å²) >= 11 is 19.1. The summed E-state index contributed by atoms with van der Waals surface area (Å²) in [4.78, 5) is 17.0. The molecular weight excluding hydrogens is 443 g/mol. The van der Waals surface area contributed by atoms with Gasteiger partial charge < -0.3 is 24.6 Å². The lowest BCUT2D eigenvalue weighted by Crippen LogP contribution is -2.23. The number of rotatable bonds is 7. The summed E-state index contributed by atoms with van der Waals surface area (Å²) in [7, 11) is 0. The fourth-order valence-corrected chi connectivity index (χ4v) is 3.76. The molecule has 2 heterocycles. The minimum absolute atomic E-state index is 0.146. The number of aliphatic hydroxyl groups is 3. The zero-order valence-electron chi connectivity index (χ0n) is 15.0. The van der Waals surface area contributed by atoms with E-state index in [9.17, 15) is 20.1 Å². The largest absolute Gasteiger partial charge is 0.394 e. The molecule has 7 nitrogen and oxygen atoms in total. The summed E-state index contributed by atoms with van der Waals surface area (Å²) in [5.41, 5.74) is 0.676. The molecule has 0 unspecified atom stereocenters. The van der Waals surface area contributed by atoms with Gasteiger partial charge in [0.15, 0.2) is 5.43 Å². The first-order valence-electron chi connectivity index (χ1n) is 8.53. The highest BCUT2D eigenvalue weighted by Gasteiger charge is 2.21. The Balaban J connectivity index is 2.34. The lowest BCUT2D eigenvalue weighted by Gasteiger charge is -2.20. The summed E-state index contributed by atoms with van der Waals surface area (Å²) in [6.45, 7) is -1.40. The predicted molar refractivity (Wildman–Crippen MR) is 111 cm³/mol. The van der Waals surface area contributed by atoms with Crippen molar-refractivity contribution in [2.24, 2.45) is 0 Å². The summed E-state index contributed by atoms with van der Waals surface area (Å²) in [6, 6.07) is 6.17. The molecule has 2 aromatic heterocycles. The van der Waals surface area contributed by atoms with Gasteiger partial charge in [-0.1, -0.05) is 40.9 Å². The van der Waals surface area contributed by atoms with Gasteiger partial charge in [-0.2, -0.15) is 0 Å². The van der Waals surface area contributed by atoms with Crippen LogP contribution < -0.4 is 5.43 Å². The van der Waals surface area contributed by atoms with E-state index in [2.05, 4.69) is 4.98 Å². The summed E-state index contributed by atoms with van der Waals surface area (Å²) in [5, 5.41) is 29.1. The molecule has 0 fully saturated rings. The van der Waals surface area contributed by atoms with Crippen molar-refractivity contribution in [1.82, 2.24) is 9.55 Å². The second kappa shape index (κ2) is 9.40. The van der Waals surface area contributed by atoms with Crippen LogP contribution >= 0.6 is 34.8 Å².